The van der Waals surface area contributed by atoms with Gasteiger partial charge in [-0.05, 0) is 244 Å². The molecule has 0 spiro atoms. The highest BCUT2D eigenvalue weighted by Gasteiger charge is 2.53. The van der Waals surface area contributed by atoms with E-state index in [0.717, 1.165) is 163 Å². The molecule has 35 nitrogen and oxygen atoms in total. The van der Waals surface area contributed by atoms with E-state index >= 15 is 0 Å². The van der Waals surface area contributed by atoms with Crippen molar-refractivity contribution in [1.82, 2.24) is 78.1 Å². The maximum atomic E-state index is 12.7. The van der Waals surface area contributed by atoms with E-state index in [9.17, 15) is 62.7 Å². The first kappa shape index (κ1) is 130. The number of hydrogen-bond donors (Lipinski definition) is 9. The van der Waals surface area contributed by atoms with Crippen molar-refractivity contribution in [2.24, 2.45) is 141 Å². The van der Waals surface area contributed by atoms with Gasteiger partial charge in [-0.25, -0.2) is 14.0 Å². The van der Waals surface area contributed by atoms with Crippen molar-refractivity contribution in [3.05, 3.63) is 0 Å². The highest BCUT2D eigenvalue weighted by atomic mass is 31.2. The summed E-state index contributed by atoms with van der Waals surface area (Å²) in [6, 6.07) is 0. The fraction of sp³-hybridized carbons (Fsp3) is 0.908. The van der Waals surface area contributed by atoms with Gasteiger partial charge >= 0.3 is 0 Å². The van der Waals surface area contributed by atoms with Gasteiger partial charge in [0.15, 0.2) is 0 Å². The topological polar surface area (TPSA) is 416 Å². The van der Waals surface area contributed by atoms with E-state index in [-0.39, 0.29) is 84.4 Å². The number of nitrogens with two attached hydrogens (primary N) is 1. The molecule has 15 rings (SSSR count). The van der Waals surface area contributed by atoms with Crippen molar-refractivity contribution >= 4 is 66.7 Å². The molecule has 10 amide bonds. The highest BCUT2D eigenvalue weighted by Crippen LogP contribution is 2.57. The number of nitrogens with zero attached hydrogens (tertiary/aromatic N) is 15. The van der Waals surface area contributed by atoms with Crippen LogP contribution in [-0.2, 0) is 52.5 Å². The lowest BCUT2D eigenvalue weighted by Crippen LogP contribution is -2.58. The van der Waals surface area contributed by atoms with Crippen molar-refractivity contribution in [3.8, 4) is 0 Å². The molecule has 10 N–H and O–H groups in total. The van der Waals surface area contributed by atoms with Crippen LogP contribution in [0.2, 0.25) is 0 Å². The monoisotopic (exact) mass is 2070 g/mol. The summed E-state index contributed by atoms with van der Waals surface area (Å²) in [5, 5.41) is 66.6. The molecule has 36 heteroatoms. The van der Waals surface area contributed by atoms with Crippen LogP contribution in [0.5, 0.6) is 0 Å². The maximum absolute atomic E-state index is 12.7. The van der Waals surface area contributed by atoms with Gasteiger partial charge in [0.05, 0.1) is 38.4 Å². The first-order chi connectivity index (χ1) is 67.0. The Kier molecular flexibility index (Phi) is 51.8. The molecule has 15 aliphatic rings. The predicted octanol–water partition coefficient (Wildman–Crippen LogP) is 7.36. The molecule has 0 radical (unpaired) electrons. The summed E-state index contributed by atoms with van der Waals surface area (Å²) in [4.78, 5) is 136. The van der Waals surface area contributed by atoms with Crippen molar-refractivity contribution in [1.29, 1.82) is 0 Å². The largest absolute Gasteiger partial charge is 0.393 e. The molecule has 2 aliphatic carbocycles. The van der Waals surface area contributed by atoms with Crippen LogP contribution < -0.4 is 11.1 Å². The van der Waals surface area contributed by atoms with Gasteiger partial charge < -0.3 is 95.8 Å². The van der Waals surface area contributed by atoms with Gasteiger partial charge in [0.2, 0.25) is 35.4 Å². The van der Waals surface area contributed by atoms with Crippen molar-refractivity contribution in [3.63, 3.8) is 0 Å². The molecule has 0 aromatic rings. The Hall–Kier alpha value is -5.63. The summed E-state index contributed by atoms with van der Waals surface area (Å²) in [6.07, 6.45) is 3.09. The van der Waals surface area contributed by atoms with Gasteiger partial charge in [0, 0.05) is 163 Å². The third kappa shape index (κ3) is 39.5. The third-order valence-corrected chi connectivity index (χ3v) is 36.0. The van der Waals surface area contributed by atoms with Gasteiger partial charge in [0.25, 0.3) is 31.2 Å². The predicted molar refractivity (Wildman–Crippen MR) is 574 cm³/mol. The Morgan fingerprint density at radius 1 is 0.386 bits per heavy atom. The minimum Gasteiger partial charge on any atom is -0.393 e. The number of rotatable bonds is 25. The number of aliphatic hydroxyl groups excluding tert-OH is 5. The molecule has 0 bridgehead atoms. The van der Waals surface area contributed by atoms with E-state index in [1.807, 2.05) is 66.9 Å². The number of carbonyl (C=O) groups excluding carboxylic acids is 10. The molecular weight excluding hydrogens is 1870 g/mol. The summed E-state index contributed by atoms with van der Waals surface area (Å²) < 4.78 is 18.6. The average molecular weight is 2080 g/mol. The second kappa shape index (κ2) is 57.9. The number of amides is 10. The van der Waals surface area contributed by atoms with Gasteiger partial charge in [-0.15, -0.1) is 0 Å². The maximum Gasteiger partial charge on any atom is 0.285 e. The van der Waals surface area contributed by atoms with Crippen LogP contribution >= 0.6 is 7.59 Å². The summed E-state index contributed by atoms with van der Waals surface area (Å²) >= 11 is 0. The fourth-order valence-electron chi connectivity index (χ4n) is 18.7. The molecule has 145 heavy (non-hydrogen) atoms. The van der Waals surface area contributed by atoms with Crippen molar-refractivity contribution in [2.45, 2.75) is 268 Å². The lowest BCUT2D eigenvalue weighted by Gasteiger charge is -2.49. The molecule has 13 aliphatic heterocycles. The molecule has 13 heterocycles. The molecule has 842 valence electrons. The van der Waals surface area contributed by atoms with Crippen LogP contribution in [0, 0.1) is 135 Å². The number of aliphatic hydroxyl groups is 7. The van der Waals surface area contributed by atoms with Crippen LogP contribution in [0.4, 0.5) is 0 Å². The van der Waals surface area contributed by atoms with E-state index < -0.39 is 31.0 Å². The minimum absolute atomic E-state index is 0.0376. The quantitative estimate of drug-likeness (QED) is 0.0403. The molecule has 15 fully saturated rings. The molecule has 0 aromatic carbocycles. The Morgan fingerprint density at radius 2 is 0.669 bits per heavy atom. The van der Waals surface area contributed by atoms with E-state index in [0.29, 0.717) is 188 Å². The van der Waals surface area contributed by atoms with Crippen LogP contribution in [0.15, 0.2) is 0 Å². The smallest absolute Gasteiger partial charge is 0.285 e. The van der Waals surface area contributed by atoms with Crippen LogP contribution in [0.3, 0.4) is 0 Å². The Labute approximate surface area is 875 Å². The van der Waals surface area contributed by atoms with Gasteiger partial charge in [-0.1, -0.05) is 166 Å². The fourth-order valence-corrected chi connectivity index (χ4v) is 21.3. The minimum atomic E-state index is -2.44. The second-order valence-electron chi connectivity index (χ2n) is 50.9. The van der Waals surface area contributed by atoms with Crippen molar-refractivity contribution < 1.29 is 88.3 Å². The first-order valence-electron chi connectivity index (χ1n) is 55.2. The summed E-state index contributed by atoms with van der Waals surface area (Å²) in [6.45, 7) is 83.4. The number of hydrogen-bond acceptors (Lipinski definition) is 22. The molecule has 2 unspecified atom stereocenters. The summed E-state index contributed by atoms with van der Waals surface area (Å²) in [5.74, 6) is 14.0. The van der Waals surface area contributed by atoms with E-state index in [1.54, 1.807) is 31.5 Å². The zero-order valence-corrected chi connectivity index (χ0v) is 97.3. The lowest BCUT2D eigenvalue weighted by molar-refractivity contribution is -0.155. The van der Waals surface area contributed by atoms with Gasteiger partial charge in [0.1, 0.15) is 30.0 Å². The number of carbonyl (C=O) groups is 10. The number of nitrogens with one attached hydrogen (secondary N) is 1. The Balaban J connectivity index is 0.000000281. The van der Waals surface area contributed by atoms with E-state index in [4.69, 9.17) is 31.3 Å². The SMILES string of the molecule is CC(C)(C)C1CN(C(=O)C2CC(O)C2)C1.CC(C)(C)C1CN(C(=O)CN2CCCC2)C1.CC(C)C1CN(C(=O)C(C)(C)O)C1.CC(C)C1CN(C(=O)C2(O)CC2)C1.CC(C)C1CN(C(=O)CN)C1.CC(C)C1CN(C(=O)CN2CC(O)C2)C1.CC(C)C1CN(C(=O)CO)C1.CC(C)C1CN(P(=O)(N(C)C)N(C)C)C1.CC(O)C(=O)N1CC(C(C)C)C1.CC(O)C(=O)N1CC(C(C)C)C1.CNCC(=O)N1CC(C(C)C)C1. The standard InChI is InChI=1S/C13H24N2O.C12H21NO2.C11H20N2O2.C10H24N3OP.C10H17NO2.C10H19NO2.C9H18N2O.2C9H17NO2.C8H16N2O.C8H15NO2/c1-13(2,3)11-8-15(9-11)12(16)10-14-6-4-5-7-14;1-12(2,3)9-6-13(7-9)11(15)8-4-10(14)5-8;1-8(2)9-3-13(4-9)11(15)7-12-5-10(14)6-12;1-9(2)10-7-13(8-10)15(14,11(3)4)12(5)6;1-7(2)8-5-11(6-8)9(12)10(13)3-4-10;1-7(2)8-5-11(6-8)9(12)10(3,4)13;1-7(2)8-5-11(6-8)9(12)4-10-3;2*1-6(2)8-4-10(5-8)9(12)7(3)11;1-6(2)7-4-10(5-7)8(11)3-9;1-6(2)7-3-9(4-7)8(11)5-10/h11H,4-10H2,1-3H3;8-10,14H,4-7H2,1-3H3;8-10,14H,3-7H2,1-2H3;9-10H,7-8H2,1-6H3;7-8,13H,3-6H2,1-2H3;7-8,13H,5-6H2,1-4H3;7-8,10H,4-6H2,1-3H3;2*6-8,11H,4-5H2,1-3H3;6-7H,3-5,9H2,1-2H3;6-7,10H,3-5H2,1-2H3. The zero-order valence-electron chi connectivity index (χ0n) is 96.5. The number of likely N-dealkylation sites (tertiary alicyclic amines) is 12. The summed E-state index contributed by atoms with van der Waals surface area (Å²) in [7, 11) is 6.93. The number of β-amino-alcohol motifs (C(OH)–C–C–N with tert-alkyl or cyclic N) is 1. The summed E-state index contributed by atoms with van der Waals surface area (Å²) in [5.41, 5.74) is 3.72. The van der Waals surface area contributed by atoms with Crippen molar-refractivity contribution in [2.75, 3.05) is 238 Å². The van der Waals surface area contributed by atoms with Crippen LogP contribution in [0.1, 0.15) is 232 Å². The number of likely N-dealkylation sites (N-methyl/N-ethyl adjacent to an activating group) is 1. The second-order valence-corrected chi connectivity index (χ2v) is 54.1. The van der Waals surface area contributed by atoms with E-state index in [2.05, 4.69) is 181 Å². The lowest BCUT2D eigenvalue weighted by atomic mass is 9.74. The highest BCUT2D eigenvalue weighted by molar-refractivity contribution is 7.56. The average Bonchev–Trinajstić information content (AvgIpc) is 1.76. The Morgan fingerprint density at radius 3 is 0.945 bits per heavy atom. The molecular formula is C109H208N17O18P. The molecule has 2 saturated carbocycles. The van der Waals surface area contributed by atoms with Crippen LogP contribution in [-0.4, -0.2) is 441 Å². The normalized spacial score (nSPS) is 22.4. The van der Waals surface area contributed by atoms with Gasteiger partial charge in [-0.3, -0.25) is 62.3 Å². The molecule has 0 aromatic heterocycles. The zero-order chi connectivity index (χ0) is 110. The van der Waals surface area contributed by atoms with E-state index in [1.165, 1.54) is 40.5 Å². The van der Waals surface area contributed by atoms with Gasteiger partial charge in [-0.2, -0.15) is 0 Å². The molecule has 2 atom stereocenters. The molecule has 13 saturated heterocycles. The third-order valence-electron chi connectivity index (χ3n) is 32.9. The van der Waals surface area contributed by atoms with Crippen LogP contribution in [0.25, 0.3) is 0 Å². The Bertz CT molecular complexity index is 3860. The first-order valence-corrected chi connectivity index (χ1v) is 56.7.